The van der Waals surface area contributed by atoms with E-state index in [1.807, 2.05) is 30.3 Å². The number of hydrogen-bond acceptors (Lipinski definition) is 4. The minimum absolute atomic E-state index is 0. The molecule has 0 radical (unpaired) electrons. The average Bonchev–Trinajstić information content (AvgIpc) is 2.47. The first-order valence-electron chi connectivity index (χ1n) is 6.21. The molecule has 1 aromatic heterocycles. The number of carbonyl (C=O) groups is 1. The van der Waals surface area contributed by atoms with Gasteiger partial charge in [0.05, 0.1) is 7.11 Å². The molecule has 0 aliphatic carbocycles. The van der Waals surface area contributed by atoms with E-state index in [4.69, 9.17) is 5.73 Å². The molecule has 0 saturated heterocycles. The Morgan fingerprint density at radius 1 is 1.18 bits per heavy atom. The molecule has 1 heterocycles. The number of halogens is 2. The van der Waals surface area contributed by atoms with Crippen LogP contribution in [0.4, 0.5) is 0 Å². The number of carbonyl (C=O) groups excluding carboxylic acids is 1. The van der Waals surface area contributed by atoms with Crippen molar-refractivity contribution in [2.24, 2.45) is 5.73 Å². The third-order valence-electron chi connectivity index (χ3n) is 3.02. The van der Waals surface area contributed by atoms with Gasteiger partial charge in [-0.15, -0.1) is 24.8 Å². The van der Waals surface area contributed by atoms with Crippen molar-refractivity contribution in [3.63, 3.8) is 0 Å². The zero-order chi connectivity index (χ0) is 14.5. The second kappa shape index (κ2) is 9.25. The van der Waals surface area contributed by atoms with Gasteiger partial charge in [-0.2, -0.15) is 0 Å². The fourth-order valence-corrected chi connectivity index (χ4v) is 1.95. The Bertz CT molecular complexity index is 656. The minimum atomic E-state index is -0.662. The Labute approximate surface area is 140 Å². The highest BCUT2D eigenvalue weighted by molar-refractivity contribution is 5.85. The zero-order valence-corrected chi connectivity index (χ0v) is 13.6. The van der Waals surface area contributed by atoms with Gasteiger partial charge in [0.2, 0.25) is 5.56 Å². The Morgan fingerprint density at radius 3 is 2.36 bits per heavy atom. The van der Waals surface area contributed by atoms with Crippen LogP contribution in [0.1, 0.15) is 5.56 Å². The number of aromatic amines is 1. The highest BCUT2D eigenvalue weighted by Gasteiger charge is 2.14. The van der Waals surface area contributed by atoms with Gasteiger partial charge in [-0.1, -0.05) is 24.3 Å². The Kier molecular flexibility index (Phi) is 8.48. The van der Waals surface area contributed by atoms with Crippen molar-refractivity contribution in [3.05, 3.63) is 58.5 Å². The summed E-state index contributed by atoms with van der Waals surface area (Å²) in [7, 11) is 1.32. The molecule has 0 aliphatic rings. The second-order valence-electron chi connectivity index (χ2n) is 4.47. The van der Waals surface area contributed by atoms with Gasteiger partial charge in [0.25, 0.3) is 0 Å². The normalized spacial score (nSPS) is 10.8. The van der Waals surface area contributed by atoms with E-state index in [0.717, 1.165) is 16.7 Å². The number of nitrogens with one attached hydrogen (secondary N) is 1. The Hall–Kier alpha value is -1.82. The smallest absolute Gasteiger partial charge is 0.322 e. The molecular weight excluding hydrogens is 327 g/mol. The molecule has 120 valence electrons. The first-order valence-corrected chi connectivity index (χ1v) is 6.21. The van der Waals surface area contributed by atoms with Crippen LogP contribution >= 0.6 is 24.8 Å². The van der Waals surface area contributed by atoms with Crippen LogP contribution in [0.2, 0.25) is 0 Å². The largest absolute Gasteiger partial charge is 0.468 e. The number of esters is 1. The lowest BCUT2D eigenvalue weighted by molar-refractivity contribution is -0.142. The SMILES string of the molecule is COC(=O)C(N)Cc1ccc(-c2cc[nH]c(=O)c2)cc1.Cl.Cl. The molecule has 22 heavy (non-hydrogen) atoms. The highest BCUT2D eigenvalue weighted by Crippen LogP contribution is 2.18. The lowest BCUT2D eigenvalue weighted by atomic mass is 10.0. The van der Waals surface area contributed by atoms with E-state index in [0.29, 0.717) is 6.42 Å². The summed E-state index contributed by atoms with van der Waals surface area (Å²) in [5.41, 5.74) is 8.29. The summed E-state index contributed by atoms with van der Waals surface area (Å²) >= 11 is 0. The number of pyridine rings is 1. The van der Waals surface area contributed by atoms with Crippen molar-refractivity contribution in [2.45, 2.75) is 12.5 Å². The van der Waals surface area contributed by atoms with Crippen molar-refractivity contribution in [2.75, 3.05) is 7.11 Å². The fraction of sp³-hybridized carbons (Fsp3) is 0.200. The number of methoxy groups -OCH3 is 1. The molecule has 7 heteroatoms. The predicted octanol–water partition coefficient (Wildman–Crippen LogP) is 1.93. The molecule has 1 unspecified atom stereocenters. The van der Waals surface area contributed by atoms with Crippen molar-refractivity contribution < 1.29 is 9.53 Å². The van der Waals surface area contributed by atoms with Crippen LogP contribution in [-0.4, -0.2) is 24.1 Å². The highest BCUT2D eigenvalue weighted by atomic mass is 35.5. The standard InChI is InChI=1S/C15H16N2O3.2ClH/c1-20-15(19)13(16)8-10-2-4-11(5-3-10)12-6-7-17-14(18)9-12;;/h2-7,9,13H,8,16H2,1H3,(H,17,18);2*1H. The molecular formula is C15H18Cl2N2O3. The molecule has 1 atom stereocenters. The Balaban J connectivity index is 0.00000220. The van der Waals surface area contributed by atoms with Crippen molar-refractivity contribution >= 4 is 30.8 Å². The third kappa shape index (κ3) is 5.18. The summed E-state index contributed by atoms with van der Waals surface area (Å²) in [5, 5.41) is 0. The maximum atomic E-state index is 11.3. The van der Waals surface area contributed by atoms with Gasteiger partial charge >= 0.3 is 5.97 Å². The topological polar surface area (TPSA) is 85.2 Å². The quantitative estimate of drug-likeness (QED) is 0.830. The number of H-pyrrole nitrogens is 1. The van der Waals surface area contributed by atoms with Gasteiger partial charge in [0.1, 0.15) is 6.04 Å². The predicted molar refractivity (Wildman–Crippen MR) is 90.7 cm³/mol. The van der Waals surface area contributed by atoms with E-state index in [-0.39, 0.29) is 30.4 Å². The van der Waals surface area contributed by atoms with Gasteiger partial charge < -0.3 is 15.5 Å². The molecule has 0 saturated carbocycles. The van der Waals surface area contributed by atoms with Gasteiger partial charge in [-0.3, -0.25) is 9.59 Å². The average molecular weight is 345 g/mol. The van der Waals surface area contributed by atoms with Crippen molar-refractivity contribution in [1.29, 1.82) is 0 Å². The molecule has 0 bridgehead atoms. The number of rotatable bonds is 4. The van der Waals surface area contributed by atoms with E-state index in [1.54, 1.807) is 6.20 Å². The number of ether oxygens (including phenoxy) is 1. The van der Waals surface area contributed by atoms with Crippen LogP contribution in [0, 0.1) is 0 Å². The second-order valence-corrected chi connectivity index (χ2v) is 4.47. The van der Waals surface area contributed by atoms with Gasteiger partial charge in [-0.05, 0) is 29.2 Å². The molecule has 0 aliphatic heterocycles. The molecule has 3 N–H and O–H groups in total. The maximum Gasteiger partial charge on any atom is 0.322 e. The molecule has 0 fully saturated rings. The molecule has 5 nitrogen and oxygen atoms in total. The molecule has 1 aromatic carbocycles. The van der Waals surface area contributed by atoms with Crippen molar-refractivity contribution in [3.8, 4) is 11.1 Å². The molecule has 2 rings (SSSR count). The summed E-state index contributed by atoms with van der Waals surface area (Å²) in [4.78, 5) is 25.1. The van der Waals surface area contributed by atoms with Gasteiger partial charge in [-0.25, -0.2) is 0 Å². The third-order valence-corrected chi connectivity index (χ3v) is 3.02. The Morgan fingerprint density at radius 2 is 1.82 bits per heavy atom. The van der Waals surface area contributed by atoms with E-state index in [2.05, 4.69) is 9.72 Å². The number of benzene rings is 1. The van der Waals surface area contributed by atoms with Gasteiger partial charge in [0, 0.05) is 12.3 Å². The number of hydrogen-bond donors (Lipinski definition) is 2. The molecule has 0 amide bonds. The number of nitrogens with two attached hydrogens (primary N) is 1. The van der Waals surface area contributed by atoms with E-state index < -0.39 is 12.0 Å². The maximum absolute atomic E-state index is 11.3. The van der Waals surface area contributed by atoms with E-state index in [1.165, 1.54) is 13.2 Å². The minimum Gasteiger partial charge on any atom is -0.468 e. The van der Waals surface area contributed by atoms with Crippen LogP contribution in [0.25, 0.3) is 11.1 Å². The van der Waals surface area contributed by atoms with Crippen LogP contribution in [0.3, 0.4) is 0 Å². The summed E-state index contributed by atoms with van der Waals surface area (Å²) in [6.45, 7) is 0. The van der Waals surface area contributed by atoms with Gasteiger partial charge in [0.15, 0.2) is 0 Å². The monoisotopic (exact) mass is 344 g/mol. The molecule has 0 spiro atoms. The van der Waals surface area contributed by atoms with E-state index in [9.17, 15) is 9.59 Å². The first-order chi connectivity index (χ1) is 9.60. The summed E-state index contributed by atoms with van der Waals surface area (Å²) < 4.78 is 4.59. The van der Waals surface area contributed by atoms with Crippen LogP contribution in [0.5, 0.6) is 0 Å². The first kappa shape index (κ1) is 20.2. The summed E-state index contributed by atoms with van der Waals surface area (Å²) in [6, 6.07) is 10.3. The fourth-order valence-electron chi connectivity index (χ4n) is 1.95. The van der Waals surface area contributed by atoms with Crippen molar-refractivity contribution in [1.82, 2.24) is 4.98 Å². The molecule has 2 aromatic rings. The summed E-state index contributed by atoms with van der Waals surface area (Å²) in [6.07, 6.45) is 2.03. The van der Waals surface area contributed by atoms with Crippen LogP contribution in [-0.2, 0) is 16.0 Å². The summed E-state index contributed by atoms with van der Waals surface area (Å²) in [5.74, 6) is -0.427. The van der Waals surface area contributed by atoms with Crippen LogP contribution < -0.4 is 11.3 Å². The lowest BCUT2D eigenvalue weighted by Gasteiger charge is -2.09. The zero-order valence-electron chi connectivity index (χ0n) is 11.9. The lowest BCUT2D eigenvalue weighted by Crippen LogP contribution is -2.33. The number of aromatic nitrogens is 1. The van der Waals surface area contributed by atoms with Crippen LogP contribution in [0.15, 0.2) is 47.4 Å². The van der Waals surface area contributed by atoms with E-state index >= 15 is 0 Å².